The number of carboxylic acids is 1. The van der Waals surface area contributed by atoms with Crippen LogP contribution in [-0.4, -0.2) is 27.9 Å². The minimum Gasteiger partial charge on any atom is -0.482 e. The van der Waals surface area contributed by atoms with Gasteiger partial charge in [-0.25, -0.2) is 4.79 Å². The normalized spacial score (nSPS) is 16.3. The van der Waals surface area contributed by atoms with Crippen molar-refractivity contribution in [1.82, 2.24) is 10.2 Å². The summed E-state index contributed by atoms with van der Waals surface area (Å²) in [7, 11) is 0. The van der Waals surface area contributed by atoms with Gasteiger partial charge < -0.3 is 20.3 Å². The summed E-state index contributed by atoms with van der Waals surface area (Å²) in [5, 5.41) is 23.4. The Morgan fingerprint density at radius 3 is 2.63 bits per heavy atom. The molecule has 27 heavy (non-hydrogen) atoms. The molecule has 0 saturated carbocycles. The standard InChI is InChI=1S/C16H11F3N4O4/c17-16(18,19)13-12-11(9(5-20)14(21)27-15(12)23-22-13)7-1-3-8(4-2-7)26-6-10(24)25/h1-4,11H,6,21H2,(H,22,23)(H,24,25)/t11-/m0/s1. The van der Waals surface area contributed by atoms with Crippen molar-refractivity contribution in [1.29, 1.82) is 5.26 Å². The van der Waals surface area contributed by atoms with Crippen LogP contribution in [0.15, 0.2) is 35.7 Å². The number of benzene rings is 1. The second-order valence-corrected chi connectivity index (χ2v) is 5.49. The number of nitrogens with zero attached hydrogens (tertiary/aromatic N) is 2. The molecule has 11 heteroatoms. The first-order valence-corrected chi connectivity index (χ1v) is 7.40. The van der Waals surface area contributed by atoms with E-state index in [-0.39, 0.29) is 28.6 Å². The average Bonchev–Trinajstić information content (AvgIpc) is 3.02. The average molecular weight is 380 g/mol. The molecule has 1 aliphatic rings. The largest absolute Gasteiger partial charge is 0.482 e. The highest BCUT2D eigenvalue weighted by Gasteiger charge is 2.44. The summed E-state index contributed by atoms with van der Waals surface area (Å²) in [4.78, 5) is 10.5. The first kappa shape index (κ1) is 18.1. The van der Waals surface area contributed by atoms with Crippen molar-refractivity contribution < 1.29 is 32.5 Å². The van der Waals surface area contributed by atoms with Gasteiger partial charge in [-0.3, -0.25) is 5.10 Å². The van der Waals surface area contributed by atoms with Crippen LogP contribution < -0.4 is 15.2 Å². The molecule has 0 unspecified atom stereocenters. The summed E-state index contributed by atoms with van der Waals surface area (Å²) < 4.78 is 50.0. The predicted molar refractivity (Wildman–Crippen MR) is 82.5 cm³/mol. The molecule has 8 nitrogen and oxygen atoms in total. The summed E-state index contributed by atoms with van der Waals surface area (Å²) in [5.41, 5.74) is 4.27. The van der Waals surface area contributed by atoms with Crippen LogP contribution in [0.5, 0.6) is 11.6 Å². The minimum absolute atomic E-state index is 0.200. The summed E-state index contributed by atoms with van der Waals surface area (Å²) in [6, 6.07) is 7.36. The fourth-order valence-corrected chi connectivity index (χ4v) is 2.70. The van der Waals surface area contributed by atoms with Gasteiger partial charge in [-0.15, -0.1) is 5.10 Å². The highest BCUT2D eigenvalue weighted by molar-refractivity contribution is 5.68. The first-order valence-electron chi connectivity index (χ1n) is 7.40. The number of hydrogen-bond donors (Lipinski definition) is 3. The van der Waals surface area contributed by atoms with Crippen molar-refractivity contribution >= 4 is 5.97 Å². The number of H-pyrrole nitrogens is 1. The van der Waals surface area contributed by atoms with E-state index in [0.717, 1.165) is 0 Å². The molecular weight excluding hydrogens is 369 g/mol. The molecule has 0 aliphatic carbocycles. The lowest BCUT2D eigenvalue weighted by Crippen LogP contribution is -2.22. The van der Waals surface area contributed by atoms with Gasteiger partial charge in [0, 0.05) is 0 Å². The molecule has 1 aromatic heterocycles. The molecule has 0 spiro atoms. The molecule has 0 saturated heterocycles. The van der Waals surface area contributed by atoms with Gasteiger partial charge in [0.2, 0.25) is 11.8 Å². The zero-order chi connectivity index (χ0) is 19.8. The lowest BCUT2D eigenvalue weighted by atomic mass is 9.84. The molecule has 1 atom stereocenters. The summed E-state index contributed by atoms with van der Waals surface area (Å²) in [6.45, 7) is -0.572. The second kappa shape index (κ2) is 6.56. The number of fused-ring (bicyclic) bond motifs is 1. The van der Waals surface area contributed by atoms with Crippen molar-refractivity contribution in [2.24, 2.45) is 5.73 Å². The second-order valence-electron chi connectivity index (χ2n) is 5.49. The molecule has 2 heterocycles. The maximum Gasteiger partial charge on any atom is 0.433 e. The quantitative estimate of drug-likeness (QED) is 0.739. The third-order valence-electron chi connectivity index (χ3n) is 3.80. The van der Waals surface area contributed by atoms with Crippen LogP contribution >= 0.6 is 0 Å². The molecule has 4 N–H and O–H groups in total. The Balaban J connectivity index is 2.07. The Kier molecular flexibility index (Phi) is 4.40. The SMILES string of the molecule is N#CC1=C(N)Oc2n[nH]c(C(F)(F)F)c2[C@H]1c1ccc(OCC(=O)O)cc1. The van der Waals surface area contributed by atoms with Gasteiger partial charge in [0.15, 0.2) is 6.61 Å². The smallest absolute Gasteiger partial charge is 0.433 e. The molecule has 2 aromatic rings. The van der Waals surface area contributed by atoms with Gasteiger partial charge in [0.25, 0.3) is 0 Å². The van der Waals surface area contributed by atoms with Gasteiger partial charge in [-0.1, -0.05) is 12.1 Å². The van der Waals surface area contributed by atoms with E-state index < -0.39 is 30.4 Å². The summed E-state index contributed by atoms with van der Waals surface area (Å²) in [5.74, 6) is -2.85. The molecule has 3 rings (SSSR count). The van der Waals surface area contributed by atoms with Crippen molar-refractivity contribution in [2.45, 2.75) is 12.1 Å². The Morgan fingerprint density at radius 1 is 1.41 bits per heavy atom. The van der Waals surface area contributed by atoms with Gasteiger partial charge in [-0.2, -0.15) is 18.4 Å². The van der Waals surface area contributed by atoms with Crippen molar-refractivity contribution in [3.05, 3.63) is 52.5 Å². The molecule has 0 fully saturated rings. The van der Waals surface area contributed by atoms with E-state index in [1.807, 2.05) is 5.10 Å². The molecule has 140 valence electrons. The lowest BCUT2D eigenvalue weighted by molar-refractivity contribution is -0.142. The van der Waals surface area contributed by atoms with E-state index in [4.69, 9.17) is 20.3 Å². The molecular formula is C16H11F3N4O4. The Bertz CT molecular complexity index is 958. The zero-order valence-electron chi connectivity index (χ0n) is 13.4. The van der Waals surface area contributed by atoms with Crippen LogP contribution in [0.2, 0.25) is 0 Å². The highest BCUT2D eigenvalue weighted by atomic mass is 19.4. The van der Waals surface area contributed by atoms with E-state index in [1.54, 1.807) is 6.07 Å². The number of allylic oxidation sites excluding steroid dienone is 1. The minimum atomic E-state index is -4.75. The van der Waals surface area contributed by atoms with Gasteiger partial charge >= 0.3 is 12.1 Å². The van der Waals surface area contributed by atoms with E-state index in [1.165, 1.54) is 24.3 Å². The third-order valence-corrected chi connectivity index (χ3v) is 3.80. The third kappa shape index (κ3) is 3.37. The lowest BCUT2D eigenvalue weighted by Gasteiger charge is -2.24. The van der Waals surface area contributed by atoms with Crippen molar-refractivity contribution in [2.75, 3.05) is 6.61 Å². The maximum absolute atomic E-state index is 13.3. The molecule has 1 aliphatic heterocycles. The van der Waals surface area contributed by atoms with Crippen LogP contribution in [0.4, 0.5) is 13.2 Å². The van der Waals surface area contributed by atoms with Crippen LogP contribution in [0.25, 0.3) is 0 Å². The number of carboxylic acid groups (broad SMARTS) is 1. The van der Waals surface area contributed by atoms with Crippen molar-refractivity contribution in [3.63, 3.8) is 0 Å². The number of aliphatic carboxylic acids is 1. The Labute approximate surface area is 149 Å². The van der Waals surface area contributed by atoms with Crippen LogP contribution in [0, 0.1) is 11.3 Å². The fourth-order valence-electron chi connectivity index (χ4n) is 2.70. The van der Waals surface area contributed by atoms with Gasteiger partial charge in [-0.05, 0) is 17.7 Å². The maximum atomic E-state index is 13.3. The molecule has 0 bridgehead atoms. The number of aromatic nitrogens is 2. The Hall–Kier alpha value is -3.68. The number of hydrogen-bond acceptors (Lipinski definition) is 6. The number of rotatable bonds is 4. The molecule has 0 amide bonds. The van der Waals surface area contributed by atoms with Gasteiger partial charge in [0.05, 0.1) is 11.5 Å². The number of ether oxygens (including phenoxy) is 2. The van der Waals surface area contributed by atoms with Crippen LogP contribution in [0.3, 0.4) is 0 Å². The summed E-state index contributed by atoms with van der Waals surface area (Å²) >= 11 is 0. The summed E-state index contributed by atoms with van der Waals surface area (Å²) in [6.07, 6.45) is -4.75. The van der Waals surface area contributed by atoms with Crippen LogP contribution in [-0.2, 0) is 11.0 Å². The number of aromatic amines is 1. The monoisotopic (exact) mass is 380 g/mol. The molecule has 0 radical (unpaired) electrons. The Morgan fingerprint density at radius 2 is 2.07 bits per heavy atom. The van der Waals surface area contributed by atoms with E-state index >= 15 is 0 Å². The van der Waals surface area contributed by atoms with Crippen molar-refractivity contribution in [3.8, 4) is 17.7 Å². The van der Waals surface area contributed by atoms with E-state index in [0.29, 0.717) is 5.56 Å². The van der Waals surface area contributed by atoms with Gasteiger partial charge in [0.1, 0.15) is 23.1 Å². The van der Waals surface area contributed by atoms with E-state index in [2.05, 4.69) is 5.10 Å². The number of nitrogens with two attached hydrogens (primary N) is 1. The number of alkyl halides is 3. The number of nitriles is 1. The predicted octanol–water partition coefficient (Wildman–Crippen LogP) is 2.11. The van der Waals surface area contributed by atoms with E-state index in [9.17, 15) is 23.2 Å². The topological polar surface area (TPSA) is 134 Å². The number of carbonyl (C=O) groups is 1. The first-order chi connectivity index (χ1) is 12.7. The number of nitrogens with one attached hydrogen (secondary N) is 1. The highest BCUT2D eigenvalue weighted by Crippen LogP contribution is 2.46. The van der Waals surface area contributed by atoms with Crippen LogP contribution in [0.1, 0.15) is 22.7 Å². The fraction of sp³-hybridized carbons (Fsp3) is 0.188. The zero-order valence-corrected chi connectivity index (χ0v) is 13.4. The number of halogens is 3. The molecule has 1 aromatic carbocycles.